The maximum Gasteiger partial charge on any atom is 0.416 e. The van der Waals surface area contributed by atoms with Crippen molar-refractivity contribution in [3.63, 3.8) is 0 Å². The molecule has 0 aliphatic carbocycles. The molecule has 118 valence electrons. The summed E-state index contributed by atoms with van der Waals surface area (Å²) in [5.74, 6) is 0. The lowest BCUT2D eigenvalue weighted by atomic mass is 10.2. The lowest BCUT2D eigenvalue weighted by Crippen LogP contribution is -2.04. The van der Waals surface area contributed by atoms with Crippen LogP contribution in [0.25, 0.3) is 0 Å². The van der Waals surface area contributed by atoms with Crippen LogP contribution in [0.3, 0.4) is 0 Å². The molecule has 0 fully saturated rings. The van der Waals surface area contributed by atoms with Gasteiger partial charge >= 0.3 is 6.18 Å². The van der Waals surface area contributed by atoms with E-state index < -0.39 is 11.7 Å². The minimum Gasteiger partial charge on any atom is -0.388 e. The van der Waals surface area contributed by atoms with Crippen molar-refractivity contribution in [2.75, 3.05) is 17.7 Å². The van der Waals surface area contributed by atoms with Crippen LogP contribution in [0, 0.1) is 6.92 Å². The first-order valence-electron chi connectivity index (χ1n) is 6.66. The van der Waals surface area contributed by atoms with Crippen molar-refractivity contribution in [1.82, 2.24) is 0 Å². The Balaban J connectivity index is 0.000000235. The zero-order valence-electron chi connectivity index (χ0n) is 12.5. The third-order valence-electron chi connectivity index (χ3n) is 2.80. The summed E-state index contributed by atoms with van der Waals surface area (Å²) >= 11 is 0. The molecule has 0 aliphatic rings. The average molecular weight is 308 g/mol. The fourth-order valence-electron chi connectivity index (χ4n) is 1.62. The molecule has 0 bridgehead atoms. The Kier molecular flexibility index (Phi) is 6.50. The van der Waals surface area contributed by atoms with E-state index in [0.29, 0.717) is 5.69 Å². The first-order chi connectivity index (χ1) is 10.4. The second-order valence-electron chi connectivity index (χ2n) is 4.54. The standard InChI is InChI=1S/C9H8F3N.C8H11N/c1-2-13-8-5-3-4-7(6-8)9(10,11)12;1-7-3-5-8(9-2)6-4-7/h2-6,13H,1H2;3-6,9H,1-2H3. The zero-order valence-corrected chi connectivity index (χ0v) is 12.5. The van der Waals surface area contributed by atoms with Crippen molar-refractivity contribution in [1.29, 1.82) is 0 Å². The minimum atomic E-state index is -4.29. The van der Waals surface area contributed by atoms with Gasteiger partial charge in [-0.05, 0) is 43.5 Å². The summed E-state index contributed by atoms with van der Waals surface area (Å²) in [6, 6.07) is 13.2. The van der Waals surface area contributed by atoms with E-state index in [9.17, 15) is 13.2 Å². The van der Waals surface area contributed by atoms with E-state index in [1.165, 1.54) is 29.6 Å². The van der Waals surface area contributed by atoms with E-state index in [4.69, 9.17) is 0 Å². The van der Waals surface area contributed by atoms with E-state index in [0.717, 1.165) is 12.1 Å². The molecule has 0 aromatic heterocycles. The summed E-state index contributed by atoms with van der Waals surface area (Å²) in [4.78, 5) is 0. The maximum atomic E-state index is 12.2. The van der Waals surface area contributed by atoms with Crippen LogP contribution in [0.4, 0.5) is 24.5 Å². The Hall–Kier alpha value is -2.43. The third kappa shape index (κ3) is 5.91. The topological polar surface area (TPSA) is 24.1 Å². The normalized spacial score (nSPS) is 10.2. The number of hydrogen-bond donors (Lipinski definition) is 2. The molecule has 0 aliphatic heterocycles. The van der Waals surface area contributed by atoms with E-state index in [1.807, 2.05) is 7.05 Å². The SMILES string of the molecule is C=CNc1cccc(C(F)(F)F)c1.CNc1ccc(C)cc1. The molecular formula is C17H19F3N2. The largest absolute Gasteiger partial charge is 0.416 e. The number of benzene rings is 2. The van der Waals surface area contributed by atoms with Gasteiger partial charge in [0.15, 0.2) is 0 Å². The third-order valence-corrected chi connectivity index (χ3v) is 2.80. The summed E-state index contributed by atoms with van der Waals surface area (Å²) in [6.45, 7) is 5.44. The number of alkyl halides is 3. The van der Waals surface area contributed by atoms with Crippen molar-refractivity contribution in [2.45, 2.75) is 13.1 Å². The second-order valence-corrected chi connectivity index (χ2v) is 4.54. The number of aryl methyl sites for hydroxylation is 1. The number of hydrogen-bond acceptors (Lipinski definition) is 2. The van der Waals surface area contributed by atoms with Crippen molar-refractivity contribution >= 4 is 11.4 Å². The van der Waals surface area contributed by atoms with Gasteiger partial charge in [-0.2, -0.15) is 13.2 Å². The quantitative estimate of drug-likeness (QED) is 0.804. The monoisotopic (exact) mass is 308 g/mol. The van der Waals surface area contributed by atoms with Crippen LogP contribution in [0.15, 0.2) is 61.3 Å². The van der Waals surface area contributed by atoms with Crippen LogP contribution in [0.2, 0.25) is 0 Å². The Morgan fingerprint density at radius 3 is 2.14 bits per heavy atom. The first kappa shape index (κ1) is 17.6. The fraction of sp³-hybridized carbons (Fsp3) is 0.176. The molecule has 0 atom stereocenters. The molecule has 2 aromatic rings. The zero-order chi connectivity index (χ0) is 16.6. The number of anilines is 2. The Bertz CT molecular complexity index is 590. The summed E-state index contributed by atoms with van der Waals surface area (Å²) in [5.41, 5.74) is 2.18. The van der Waals surface area contributed by atoms with E-state index in [-0.39, 0.29) is 0 Å². The average Bonchev–Trinajstić information content (AvgIpc) is 2.48. The van der Waals surface area contributed by atoms with Crippen LogP contribution in [0.5, 0.6) is 0 Å². The Morgan fingerprint density at radius 1 is 1.00 bits per heavy atom. The van der Waals surface area contributed by atoms with E-state index in [2.05, 4.69) is 48.4 Å². The lowest BCUT2D eigenvalue weighted by molar-refractivity contribution is -0.137. The van der Waals surface area contributed by atoms with E-state index >= 15 is 0 Å². The highest BCUT2D eigenvalue weighted by Crippen LogP contribution is 2.30. The van der Waals surface area contributed by atoms with Crippen molar-refractivity contribution in [3.05, 3.63) is 72.4 Å². The first-order valence-corrected chi connectivity index (χ1v) is 6.66. The molecule has 0 saturated heterocycles. The summed E-state index contributed by atoms with van der Waals surface area (Å²) in [5, 5.41) is 5.64. The van der Waals surface area contributed by atoms with Gasteiger partial charge in [-0.15, -0.1) is 0 Å². The fourth-order valence-corrected chi connectivity index (χ4v) is 1.62. The highest BCUT2D eigenvalue weighted by Gasteiger charge is 2.30. The van der Waals surface area contributed by atoms with Crippen molar-refractivity contribution < 1.29 is 13.2 Å². The van der Waals surface area contributed by atoms with Gasteiger partial charge in [0.05, 0.1) is 5.56 Å². The molecule has 22 heavy (non-hydrogen) atoms. The number of nitrogens with one attached hydrogen (secondary N) is 2. The van der Waals surface area contributed by atoms with Crippen molar-refractivity contribution in [3.8, 4) is 0 Å². The maximum absolute atomic E-state index is 12.2. The van der Waals surface area contributed by atoms with Gasteiger partial charge in [-0.25, -0.2) is 0 Å². The van der Waals surface area contributed by atoms with Gasteiger partial charge in [0.1, 0.15) is 0 Å². The van der Waals surface area contributed by atoms with Gasteiger partial charge in [-0.3, -0.25) is 0 Å². The lowest BCUT2D eigenvalue weighted by Gasteiger charge is -2.07. The van der Waals surface area contributed by atoms with Gasteiger partial charge in [-0.1, -0.05) is 30.3 Å². The molecule has 5 heteroatoms. The molecular weight excluding hydrogens is 289 g/mol. The minimum absolute atomic E-state index is 0.379. The molecule has 2 nitrogen and oxygen atoms in total. The van der Waals surface area contributed by atoms with Gasteiger partial charge in [0.2, 0.25) is 0 Å². The van der Waals surface area contributed by atoms with Gasteiger partial charge < -0.3 is 10.6 Å². The molecule has 0 saturated carbocycles. The number of halogens is 3. The molecule has 2 N–H and O–H groups in total. The highest BCUT2D eigenvalue weighted by molar-refractivity contribution is 5.48. The molecule has 2 aromatic carbocycles. The second kappa shape index (κ2) is 8.12. The summed E-state index contributed by atoms with van der Waals surface area (Å²) < 4.78 is 36.5. The van der Waals surface area contributed by atoms with E-state index in [1.54, 1.807) is 0 Å². The van der Waals surface area contributed by atoms with Crippen LogP contribution < -0.4 is 10.6 Å². The van der Waals surface area contributed by atoms with Gasteiger partial charge in [0, 0.05) is 18.4 Å². The molecule has 0 unspecified atom stereocenters. The molecule has 0 amide bonds. The van der Waals surface area contributed by atoms with Crippen LogP contribution in [0.1, 0.15) is 11.1 Å². The van der Waals surface area contributed by atoms with Crippen LogP contribution in [-0.2, 0) is 6.18 Å². The molecule has 0 heterocycles. The van der Waals surface area contributed by atoms with Crippen molar-refractivity contribution in [2.24, 2.45) is 0 Å². The highest BCUT2D eigenvalue weighted by atomic mass is 19.4. The summed E-state index contributed by atoms with van der Waals surface area (Å²) in [7, 11) is 1.92. The predicted molar refractivity (Wildman–Crippen MR) is 86.0 cm³/mol. The molecule has 0 radical (unpaired) electrons. The Morgan fingerprint density at radius 2 is 1.64 bits per heavy atom. The molecule has 0 spiro atoms. The Labute approximate surface area is 128 Å². The predicted octanol–water partition coefficient (Wildman–Crippen LogP) is 5.30. The summed E-state index contributed by atoms with van der Waals surface area (Å²) in [6.07, 6.45) is -2.96. The number of rotatable bonds is 3. The van der Waals surface area contributed by atoms with Crippen LogP contribution in [-0.4, -0.2) is 7.05 Å². The smallest absolute Gasteiger partial charge is 0.388 e. The van der Waals surface area contributed by atoms with Crippen LogP contribution >= 0.6 is 0 Å². The molecule has 2 rings (SSSR count). The van der Waals surface area contributed by atoms with Gasteiger partial charge in [0.25, 0.3) is 0 Å².